The molecule has 1 aromatic carbocycles. The van der Waals surface area contributed by atoms with Crippen LogP contribution in [0.3, 0.4) is 0 Å². The lowest BCUT2D eigenvalue weighted by Gasteiger charge is -2.18. The van der Waals surface area contributed by atoms with Crippen molar-refractivity contribution in [2.75, 3.05) is 7.11 Å². The summed E-state index contributed by atoms with van der Waals surface area (Å²) in [4.78, 5) is 11.7. The Balaban J connectivity index is 2.70. The minimum absolute atomic E-state index is 0.381. The molecule has 0 spiro atoms. The van der Waals surface area contributed by atoms with Crippen LogP contribution in [0.25, 0.3) is 11.0 Å². The predicted octanol–water partition coefficient (Wildman–Crippen LogP) is 2.73. The monoisotopic (exact) mass is 251 g/mol. The number of methoxy groups -OCH3 is 1. The van der Waals surface area contributed by atoms with E-state index in [0.717, 1.165) is 0 Å². The highest BCUT2D eigenvalue weighted by Gasteiger charge is 2.36. The van der Waals surface area contributed by atoms with Crippen molar-refractivity contribution in [3.8, 4) is 0 Å². The maximum absolute atomic E-state index is 13.4. The van der Waals surface area contributed by atoms with E-state index >= 15 is 0 Å². The minimum Gasteiger partial charge on any atom is -0.468 e. The molecule has 0 aliphatic heterocycles. The van der Waals surface area contributed by atoms with Crippen molar-refractivity contribution in [2.45, 2.75) is 26.2 Å². The van der Waals surface area contributed by atoms with Gasteiger partial charge in [-0.15, -0.1) is 0 Å². The van der Waals surface area contributed by atoms with Gasteiger partial charge in [-0.1, -0.05) is 5.16 Å². The fraction of sp³-hybridized carbons (Fsp3) is 0.385. The van der Waals surface area contributed by atoms with Crippen molar-refractivity contribution in [3.63, 3.8) is 0 Å². The highest BCUT2D eigenvalue weighted by molar-refractivity contribution is 5.90. The predicted molar refractivity (Wildman–Crippen MR) is 63.7 cm³/mol. The van der Waals surface area contributed by atoms with Crippen molar-refractivity contribution in [1.82, 2.24) is 5.16 Å². The summed E-state index contributed by atoms with van der Waals surface area (Å²) in [6.45, 7) is 5.05. The Kier molecular flexibility index (Phi) is 2.84. The van der Waals surface area contributed by atoms with Crippen LogP contribution in [-0.2, 0) is 14.9 Å². The highest BCUT2D eigenvalue weighted by Crippen LogP contribution is 2.32. The van der Waals surface area contributed by atoms with Crippen LogP contribution in [0.15, 0.2) is 16.7 Å². The summed E-state index contributed by atoms with van der Waals surface area (Å²) in [6.07, 6.45) is 0. The van der Waals surface area contributed by atoms with Gasteiger partial charge in [0.25, 0.3) is 0 Å². The Morgan fingerprint density at radius 1 is 1.44 bits per heavy atom. The van der Waals surface area contributed by atoms with Gasteiger partial charge in [-0.25, -0.2) is 4.39 Å². The Morgan fingerprint density at radius 2 is 2.11 bits per heavy atom. The molecule has 0 amide bonds. The topological polar surface area (TPSA) is 52.3 Å². The first-order chi connectivity index (χ1) is 8.37. The van der Waals surface area contributed by atoms with Gasteiger partial charge >= 0.3 is 5.97 Å². The molecular weight excluding hydrogens is 237 g/mol. The SMILES string of the molecule is COC(=O)C(C)(C)c1noc2c(C)cc(F)cc12. The Morgan fingerprint density at radius 3 is 2.72 bits per heavy atom. The molecule has 1 aromatic heterocycles. The Bertz CT molecular complexity index is 616. The van der Waals surface area contributed by atoms with Crippen LogP contribution in [0.1, 0.15) is 25.1 Å². The number of ether oxygens (including phenoxy) is 1. The van der Waals surface area contributed by atoms with E-state index in [4.69, 9.17) is 9.26 Å². The van der Waals surface area contributed by atoms with E-state index < -0.39 is 11.4 Å². The van der Waals surface area contributed by atoms with Crippen molar-refractivity contribution in [3.05, 3.63) is 29.2 Å². The van der Waals surface area contributed by atoms with Gasteiger partial charge in [0.1, 0.15) is 16.9 Å². The standard InChI is InChI=1S/C13H14FNO3/c1-7-5-8(14)6-9-10(7)18-15-11(9)13(2,3)12(16)17-4/h5-6H,1-4H3. The molecule has 5 heteroatoms. The van der Waals surface area contributed by atoms with E-state index in [1.165, 1.54) is 19.2 Å². The summed E-state index contributed by atoms with van der Waals surface area (Å²) in [7, 11) is 1.30. The smallest absolute Gasteiger partial charge is 0.317 e. The number of halogens is 1. The number of aryl methyl sites for hydroxylation is 1. The molecule has 2 rings (SSSR count). The number of hydrogen-bond donors (Lipinski definition) is 0. The first-order valence-corrected chi connectivity index (χ1v) is 5.52. The fourth-order valence-electron chi connectivity index (χ4n) is 1.97. The third-order valence-corrected chi connectivity index (χ3v) is 3.01. The zero-order valence-corrected chi connectivity index (χ0v) is 10.7. The average molecular weight is 251 g/mol. The van der Waals surface area contributed by atoms with Crippen LogP contribution in [0.4, 0.5) is 4.39 Å². The van der Waals surface area contributed by atoms with E-state index in [9.17, 15) is 9.18 Å². The number of benzene rings is 1. The van der Waals surface area contributed by atoms with E-state index in [0.29, 0.717) is 22.2 Å². The van der Waals surface area contributed by atoms with Gasteiger partial charge < -0.3 is 9.26 Å². The Labute approximate surface area is 104 Å². The second kappa shape index (κ2) is 4.08. The molecule has 0 N–H and O–H groups in total. The summed E-state index contributed by atoms with van der Waals surface area (Å²) in [6, 6.07) is 2.68. The van der Waals surface area contributed by atoms with Crippen molar-refractivity contribution < 1.29 is 18.4 Å². The molecule has 96 valence electrons. The molecule has 1 heterocycles. The maximum Gasteiger partial charge on any atom is 0.317 e. The summed E-state index contributed by atoms with van der Waals surface area (Å²) in [5.41, 5.74) is 0.528. The van der Waals surface area contributed by atoms with Crippen molar-refractivity contribution >= 4 is 16.9 Å². The number of carbonyl (C=O) groups is 1. The van der Waals surface area contributed by atoms with Crippen LogP contribution >= 0.6 is 0 Å². The average Bonchev–Trinajstić information content (AvgIpc) is 2.72. The van der Waals surface area contributed by atoms with Crippen molar-refractivity contribution in [1.29, 1.82) is 0 Å². The van der Waals surface area contributed by atoms with Crippen LogP contribution < -0.4 is 0 Å². The van der Waals surface area contributed by atoms with Gasteiger partial charge in [0.15, 0.2) is 5.58 Å². The Hall–Kier alpha value is -1.91. The number of nitrogens with zero attached hydrogens (tertiary/aromatic N) is 1. The van der Waals surface area contributed by atoms with E-state index in [1.807, 2.05) is 0 Å². The van der Waals surface area contributed by atoms with Gasteiger partial charge in [-0.2, -0.15) is 0 Å². The van der Waals surface area contributed by atoms with Crippen LogP contribution in [0.5, 0.6) is 0 Å². The highest BCUT2D eigenvalue weighted by atomic mass is 19.1. The molecule has 2 aromatic rings. The van der Waals surface area contributed by atoms with Crippen LogP contribution in [0, 0.1) is 12.7 Å². The molecule has 0 bridgehead atoms. The first-order valence-electron chi connectivity index (χ1n) is 5.52. The van der Waals surface area contributed by atoms with Crippen LogP contribution in [0.2, 0.25) is 0 Å². The fourth-order valence-corrected chi connectivity index (χ4v) is 1.97. The molecule has 4 nitrogen and oxygen atoms in total. The molecule has 0 aliphatic rings. The molecule has 0 saturated heterocycles. The van der Waals surface area contributed by atoms with Gasteiger partial charge in [0.05, 0.1) is 7.11 Å². The molecule has 0 aliphatic carbocycles. The molecule has 18 heavy (non-hydrogen) atoms. The van der Waals surface area contributed by atoms with Crippen molar-refractivity contribution in [2.24, 2.45) is 0 Å². The quantitative estimate of drug-likeness (QED) is 0.770. The van der Waals surface area contributed by atoms with Gasteiger partial charge in [-0.05, 0) is 38.5 Å². The summed E-state index contributed by atoms with van der Waals surface area (Å²) in [5, 5.41) is 4.40. The lowest BCUT2D eigenvalue weighted by Crippen LogP contribution is -2.30. The molecule has 0 saturated carbocycles. The third-order valence-electron chi connectivity index (χ3n) is 3.01. The number of fused-ring (bicyclic) bond motifs is 1. The minimum atomic E-state index is -0.986. The largest absolute Gasteiger partial charge is 0.468 e. The molecular formula is C13H14FNO3. The van der Waals surface area contributed by atoms with Gasteiger partial charge in [0, 0.05) is 5.39 Å². The zero-order chi connectivity index (χ0) is 13.5. The van der Waals surface area contributed by atoms with Gasteiger partial charge in [-0.3, -0.25) is 4.79 Å². The summed E-state index contributed by atoms with van der Waals surface area (Å²) >= 11 is 0. The number of carbonyl (C=O) groups excluding carboxylic acids is 1. The number of aromatic nitrogens is 1. The second-order valence-corrected chi connectivity index (χ2v) is 4.75. The summed E-state index contributed by atoms with van der Waals surface area (Å²) in [5.74, 6) is -0.829. The van der Waals surface area contributed by atoms with Gasteiger partial charge in [0.2, 0.25) is 0 Å². The first kappa shape index (κ1) is 12.5. The normalized spacial score (nSPS) is 11.8. The van der Waals surface area contributed by atoms with Crippen LogP contribution in [-0.4, -0.2) is 18.2 Å². The van der Waals surface area contributed by atoms with E-state index in [-0.39, 0.29) is 5.82 Å². The third kappa shape index (κ3) is 1.75. The number of esters is 1. The molecule has 0 radical (unpaired) electrons. The second-order valence-electron chi connectivity index (χ2n) is 4.75. The lowest BCUT2D eigenvalue weighted by atomic mass is 9.87. The zero-order valence-electron chi connectivity index (χ0n) is 10.7. The number of hydrogen-bond acceptors (Lipinski definition) is 4. The molecule has 0 atom stereocenters. The van der Waals surface area contributed by atoms with E-state index in [2.05, 4.69) is 5.16 Å². The molecule has 0 unspecified atom stereocenters. The van der Waals surface area contributed by atoms with E-state index in [1.54, 1.807) is 20.8 Å². The molecule has 0 fully saturated rings. The number of rotatable bonds is 2. The maximum atomic E-state index is 13.4. The summed E-state index contributed by atoms with van der Waals surface area (Å²) < 4.78 is 23.4. The lowest BCUT2D eigenvalue weighted by molar-refractivity contribution is -0.146.